The molecule has 78 valence electrons. The van der Waals surface area contributed by atoms with Gasteiger partial charge in [-0.1, -0.05) is 27.5 Å². The fraction of sp³-hybridized carbons (Fsp3) is 0.333. The minimum atomic E-state index is -4.23. The van der Waals surface area contributed by atoms with E-state index in [1.54, 1.807) is 6.07 Å². The molecular formula is C9H7BrClF3. The Morgan fingerprint density at radius 3 is 2.29 bits per heavy atom. The lowest BCUT2D eigenvalue weighted by Gasteiger charge is -2.16. The van der Waals surface area contributed by atoms with E-state index in [4.69, 9.17) is 11.6 Å². The minimum Gasteiger partial charge on any atom is -0.170 e. The molecule has 0 amide bonds. The molecule has 0 bridgehead atoms. The van der Waals surface area contributed by atoms with Crippen LogP contribution in [0.4, 0.5) is 13.2 Å². The molecule has 1 unspecified atom stereocenters. The first-order chi connectivity index (χ1) is 6.30. The summed E-state index contributed by atoms with van der Waals surface area (Å²) in [4.78, 5) is 0. The molecule has 0 radical (unpaired) electrons. The normalized spacial score (nSPS) is 14.1. The maximum Gasteiger partial charge on any atom is 0.395 e. The largest absolute Gasteiger partial charge is 0.395 e. The molecule has 0 aliphatic rings. The third-order valence-electron chi connectivity index (χ3n) is 1.88. The smallest absolute Gasteiger partial charge is 0.170 e. The number of hydrogen-bond acceptors (Lipinski definition) is 0. The van der Waals surface area contributed by atoms with Crippen molar-refractivity contribution in [1.82, 2.24) is 0 Å². The molecule has 0 N–H and O–H groups in total. The van der Waals surface area contributed by atoms with Crippen molar-refractivity contribution in [3.8, 4) is 0 Å². The van der Waals surface area contributed by atoms with Crippen LogP contribution < -0.4 is 0 Å². The van der Waals surface area contributed by atoms with Gasteiger partial charge in [0.05, 0.1) is 5.92 Å². The Morgan fingerprint density at radius 1 is 1.29 bits per heavy atom. The van der Waals surface area contributed by atoms with Crippen LogP contribution in [0.15, 0.2) is 22.7 Å². The lowest BCUT2D eigenvalue weighted by atomic mass is 10.0. The maximum absolute atomic E-state index is 12.3. The van der Waals surface area contributed by atoms with Gasteiger partial charge in [0.2, 0.25) is 0 Å². The van der Waals surface area contributed by atoms with Crippen molar-refractivity contribution in [3.05, 3.63) is 33.3 Å². The van der Waals surface area contributed by atoms with E-state index >= 15 is 0 Å². The predicted molar refractivity (Wildman–Crippen MR) is 53.6 cm³/mol. The standard InChI is InChI=1S/C9H7BrClF3/c1-5(9(12,13)14)6-2-7(10)4-8(11)3-6/h2-5H,1H3. The van der Waals surface area contributed by atoms with Crippen molar-refractivity contribution >= 4 is 27.5 Å². The highest BCUT2D eigenvalue weighted by Gasteiger charge is 2.37. The third kappa shape index (κ3) is 2.89. The molecule has 0 heterocycles. The molecule has 5 heteroatoms. The molecule has 0 fully saturated rings. The molecule has 1 atom stereocenters. The first-order valence-corrected chi connectivity index (χ1v) is 5.00. The van der Waals surface area contributed by atoms with Crippen molar-refractivity contribution < 1.29 is 13.2 Å². The molecule has 0 spiro atoms. The number of benzene rings is 1. The van der Waals surface area contributed by atoms with Gasteiger partial charge in [-0.3, -0.25) is 0 Å². The van der Waals surface area contributed by atoms with Crippen LogP contribution in [0.5, 0.6) is 0 Å². The number of alkyl halides is 3. The van der Waals surface area contributed by atoms with E-state index in [-0.39, 0.29) is 5.56 Å². The van der Waals surface area contributed by atoms with E-state index in [1.807, 2.05) is 0 Å². The van der Waals surface area contributed by atoms with Gasteiger partial charge in [0.15, 0.2) is 0 Å². The fourth-order valence-electron chi connectivity index (χ4n) is 1.01. The second-order valence-electron chi connectivity index (χ2n) is 2.97. The van der Waals surface area contributed by atoms with Gasteiger partial charge in [0, 0.05) is 9.50 Å². The highest BCUT2D eigenvalue weighted by Crippen LogP contribution is 2.36. The van der Waals surface area contributed by atoms with E-state index in [9.17, 15) is 13.2 Å². The number of halogens is 5. The summed E-state index contributed by atoms with van der Waals surface area (Å²) in [5.74, 6) is -1.50. The molecule has 0 aliphatic heterocycles. The maximum atomic E-state index is 12.3. The van der Waals surface area contributed by atoms with Gasteiger partial charge >= 0.3 is 6.18 Å². The molecule has 0 saturated heterocycles. The van der Waals surface area contributed by atoms with Crippen LogP contribution >= 0.6 is 27.5 Å². The number of rotatable bonds is 1. The van der Waals surface area contributed by atoms with Gasteiger partial charge in [-0.2, -0.15) is 13.2 Å². The van der Waals surface area contributed by atoms with Crippen molar-refractivity contribution in [2.24, 2.45) is 0 Å². The van der Waals surface area contributed by atoms with Crippen LogP contribution in [-0.4, -0.2) is 6.18 Å². The van der Waals surface area contributed by atoms with Gasteiger partial charge in [-0.25, -0.2) is 0 Å². The molecule has 1 aromatic carbocycles. The molecule has 0 aromatic heterocycles. The Hall–Kier alpha value is -0.220. The van der Waals surface area contributed by atoms with E-state index in [0.29, 0.717) is 9.50 Å². The molecule has 0 nitrogen and oxygen atoms in total. The predicted octanol–water partition coefficient (Wildman–Crippen LogP) is 4.77. The van der Waals surface area contributed by atoms with Gasteiger partial charge < -0.3 is 0 Å². The zero-order valence-corrected chi connectivity index (χ0v) is 9.54. The summed E-state index contributed by atoms with van der Waals surface area (Å²) in [5, 5.41) is 0.297. The van der Waals surface area contributed by atoms with Crippen molar-refractivity contribution in [1.29, 1.82) is 0 Å². The Labute approximate surface area is 93.2 Å². The van der Waals surface area contributed by atoms with Crippen LogP contribution in [-0.2, 0) is 0 Å². The lowest BCUT2D eigenvalue weighted by Crippen LogP contribution is -2.17. The molecule has 0 saturated carbocycles. The Morgan fingerprint density at radius 2 is 1.86 bits per heavy atom. The van der Waals surface area contributed by atoms with Crippen molar-refractivity contribution in [3.63, 3.8) is 0 Å². The summed E-state index contributed by atoms with van der Waals surface area (Å²) >= 11 is 8.74. The highest BCUT2D eigenvalue weighted by atomic mass is 79.9. The SMILES string of the molecule is CC(c1cc(Cl)cc(Br)c1)C(F)(F)F. The Kier molecular flexibility index (Phi) is 3.48. The van der Waals surface area contributed by atoms with Crippen LogP contribution in [0.2, 0.25) is 5.02 Å². The second-order valence-corrected chi connectivity index (χ2v) is 4.32. The third-order valence-corrected chi connectivity index (χ3v) is 2.55. The highest BCUT2D eigenvalue weighted by molar-refractivity contribution is 9.10. The lowest BCUT2D eigenvalue weighted by molar-refractivity contribution is -0.146. The van der Waals surface area contributed by atoms with Gasteiger partial charge in [-0.05, 0) is 30.7 Å². The van der Waals surface area contributed by atoms with E-state index in [0.717, 1.165) is 6.92 Å². The summed E-state index contributed by atoms with van der Waals surface area (Å²) in [7, 11) is 0. The Balaban J connectivity index is 3.07. The first kappa shape index (κ1) is 11.9. The van der Waals surface area contributed by atoms with Gasteiger partial charge in [0.1, 0.15) is 0 Å². The zero-order chi connectivity index (χ0) is 10.9. The summed E-state index contributed by atoms with van der Waals surface area (Å²) < 4.78 is 37.6. The van der Waals surface area contributed by atoms with Crippen molar-refractivity contribution in [2.75, 3.05) is 0 Å². The average Bonchev–Trinajstić information content (AvgIpc) is 1.99. The van der Waals surface area contributed by atoms with Crippen LogP contribution in [0, 0.1) is 0 Å². The van der Waals surface area contributed by atoms with Crippen LogP contribution in [0.3, 0.4) is 0 Å². The Bertz CT molecular complexity index is 315. The van der Waals surface area contributed by atoms with Gasteiger partial charge in [-0.15, -0.1) is 0 Å². The quantitative estimate of drug-likeness (QED) is 0.698. The molecule has 1 rings (SSSR count). The monoisotopic (exact) mass is 286 g/mol. The molecule has 1 aromatic rings. The fourth-order valence-corrected chi connectivity index (χ4v) is 1.90. The summed E-state index contributed by atoms with van der Waals surface area (Å²) in [6.07, 6.45) is -4.23. The summed E-state index contributed by atoms with van der Waals surface area (Å²) in [5.41, 5.74) is 0.164. The first-order valence-electron chi connectivity index (χ1n) is 3.83. The second kappa shape index (κ2) is 4.11. The van der Waals surface area contributed by atoms with Crippen LogP contribution in [0.1, 0.15) is 18.4 Å². The zero-order valence-electron chi connectivity index (χ0n) is 7.20. The summed E-state index contributed by atoms with van der Waals surface area (Å²) in [6.45, 7) is 1.11. The molecular weight excluding hydrogens is 280 g/mol. The van der Waals surface area contributed by atoms with E-state index in [2.05, 4.69) is 15.9 Å². The van der Waals surface area contributed by atoms with Crippen molar-refractivity contribution in [2.45, 2.75) is 19.0 Å². The topological polar surface area (TPSA) is 0 Å². The van der Waals surface area contributed by atoms with Crippen LogP contribution in [0.25, 0.3) is 0 Å². The number of hydrogen-bond donors (Lipinski definition) is 0. The molecule has 0 aliphatic carbocycles. The van der Waals surface area contributed by atoms with Gasteiger partial charge in [0.25, 0.3) is 0 Å². The van der Waals surface area contributed by atoms with E-state index < -0.39 is 12.1 Å². The van der Waals surface area contributed by atoms with E-state index in [1.165, 1.54) is 12.1 Å². The molecule has 14 heavy (non-hydrogen) atoms. The average molecular weight is 288 g/mol. The minimum absolute atomic E-state index is 0.164. The summed E-state index contributed by atoms with van der Waals surface area (Å²) in [6, 6.07) is 4.29.